The van der Waals surface area contributed by atoms with E-state index in [9.17, 15) is 4.39 Å². The van der Waals surface area contributed by atoms with Gasteiger partial charge in [-0.1, -0.05) is 18.5 Å². The molecule has 4 heteroatoms. The summed E-state index contributed by atoms with van der Waals surface area (Å²) >= 11 is 7.58. The normalized spacial score (nSPS) is 25.9. The number of nitrogens with two attached hydrogens (primary N) is 1. The lowest BCUT2D eigenvalue weighted by Crippen LogP contribution is -2.14. The second-order valence-electron chi connectivity index (χ2n) is 3.92. The largest absolute Gasteiger partial charge is 0.324 e. The first-order valence-corrected chi connectivity index (χ1v) is 6.35. The summed E-state index contributed by atoms with van der Waals surface area (Å²) in [5, 5.41) is 0.895. The molecule has 1 aliphatic heterocycles. The average molecular weight is 246 g/mol. The lowest BCUT2D eigenvalue weighted by atomic mass is 9.98. The van der Waals surface area contributed by atoms with Gasteiger partial charge >= 0.3 is 0 Å². The van der Waals surface area contributed by atoms with Crippen LogP contribution in [0.15, 0.2) is 12.1 Å². The molecule has 0 fully saturated rings. The predicted molar refractivity (Wildman–Crippen MR) is 63.7 cm³/mol. The third kappa shape index (κ3) is 2.30. The van der Waals surface area contributed by atoms with E-state index < -0.39 is 0 Å². The topological polar surface area (TPSA) is 26.0 Å². The van der Waals surface area contributed by atoms with Gasteiger partial charge in [0.1, 0.15) is 5.82 Å². The maximum atomic E-state index is 13.7. The van der Waals surface area contributed by atoms with Crippen molar-refractivity contribution in [3.8, 4) is 0 Å². The number of halogens is 2. The van der Waals surface area contributed by atoms with Gasteiger partial charge in [0, 0.05) is 27.6 Å². The second kappa shape index (κ2) is 4.32. The van der Waals surface area contributed by atoms with Crippen LogP contribution in [-0.4, -0.2) is 5.25 Å². The summed E-state index contributed by atoms with van der Waals surface area (Å²) in [6.45, 7) is 2.12. The summed E-state index contributed by atoms with van der Waals surface area (Å²) in [5.41, 5.74) is 7.63. The zero-order valence-corrected chi connectivity index (χ0v) is 10.0. The fraction of sp³-hybridized carbons (Fsp3) is 0.455. The fourth-order valence-corrected chi connectivity index (χ4v) is 3.20. The maximum absolute atomic E-state index is 13.7. The minimum atomic E-state index is -0.227. The standard InChI is InChI=1S/C11H13ClFNS/c1-6-2-11(14)8-3-7(12)4-10(13)9(8)5-15-6/h3-4,6,11H,2,5,14H2,1H3/t6?,11-/m0/s1. The third-order valence-corrected chi connectivity index (χ3v) is 4.13. The van der Waals surface area contributed by atoms with Gasteiger partial charge in [-0.25, -0.2) is 4.39 Å². The Kier molecular flexibility index (Phi) is 3.24. The van der Waals surface area contributed by atoms with Gasteiger partial charge in [-0.2, -0.15) is 11.8 Å². The van der Waals surface area contributed by atoms with E-state index in [0.717, 1.165) is 17.5 Å². The van der Waals surface area contributed by atoms with Crippen LogP contribution in [0.25, 0.3) is 0 Å². The smallest absolute Gasteiger partial charge is 0.129 e. The van der Waals surface area contributed by atoms with Crippen molar-refractivity contribution in [2.24, 2.45) is 5.73 Å². The van der Waals surface area contributed by atoms with Crippen molar-refractivity contribution in [2.75, 3.05) is 0 Å². The molecule has 0 bridgehead atoms. The first-order valence-electron chi connectivity index (χ1n) is 4.93. The minimum absolute atomic E-state index is 0.0989. The predicted octanol–water partition coefficient (Wildman–Crippen LogP) is 3.50. The molecular formula is C11H13ClFNS. The highest BCUT2D eigenvalue weighted by Crippen LogP contribution is 2.36. The molecule has 1 aliphatic rings. The fourth-order valence-electron chi connectivity index (χ4n) is 1.88. The highest BCUT2D eigenvalue weighted by molar-refractivity contribution is 7.99. The molecule has 0 spiro atoms. The summed E-state index contributed by atoms with van der Waals surface area (Å²) in [5.74, 6) is 0.460. The van der Waals surface area contributed by atoms with E-state index in [1.165, 1.54) is 6.07 Å². The Hall–Kier alpha value is -0.250. The molecule has 0 radical (unpaired) electrons. The first kappa shape index (κ1) is 11.2. The van der Waals surface area contributed by atoms with Crippen LogP contribution in [0.4, 0.5) is 4.39 Å². The van der Waals surface area contributed by atoms with Crippen LogP contribution < -0.4 is 5.73 Å². The van der Waals surface area contributed by atoms with E-state index in [2.05, 4.69) is 6.92 Å². The van der Waals surface area contributed by atoms with Crippen LogP contribution in [0.5, 0.6) is 0 Å². The van der Waals surface area contributed by atoms with Crippen LogP contribution in [0, 0.1) is 5.82 Å². The van der Waals surface area contributed by atoms with Crippen molar-refractivity contribution in [2.45, 2.75) is 30.4 Å². The molecule has 0 saturated heterocycles. The summed E-state index contributed by atoms with van der Waals surface area (Å²) in [6, 6.07) is 3.06. The number of rotatable bonds is 0. The van der Waals surface area contributed by atoms with Gasteiger partial charge in [-0.15, -0.1) is 0 Å². The number of thioether (sulfide) groups is 1. The highest BCUT2D eigenvalue weighted by atomic mass is 35.5. The lowest BCUT2D eigenvalue weighted by Gasteiger charge is -2.14. The summed E-state index contributed by atoms with van der Waals surface area (Å²) in [6.07, 6.45) is 0.872. The molecule has 1 aromatic carbocycles. The molecule has 0 aliphatic carbocycles. The summed E-state index contributed by atoms with van der Waals surface area (Å²) in [4.78, 5) is 0. The molecule has 0 saturated carbocycles. The molecule has 82 valence electrons. The number of hydrogen-bond donors (Lipinski definition) is 1. The molecule has 1 nitrogen and oxygen atoms in total. The van der Waals surface area contributed by atoms with Crippen LogP contribution in [0.1, 0.15) is 30.5 Å². The zero-order valence-electron chi connectivity index (χ0n) is 8.47. The van der Waals surface area contributed by atoms with Crippen LogP contribution in [0.3, 0.4) is 0 Å². The van der Waals surface area contributed by atoms with E-state index in [1.54, 1.807) is 17.8 Å². The molecule has 15 heavy (non-hydrogen) atoms. The number of fused-ring (bicyclic) bond motifs is 1. The van der Waals surface area contributed by atoms with Gasteiger partial charge in [0.2, 0.25) is 0 Å². The van der Waals surface area contributed by atoms with Crippen LogP contribution in [-0.2, 0) is 5.75 Å². The summed E-state index contributed by atoms with van der Waals surface area (Å²) < 4.78 is 13.7. The molecule has 1 unspecified atom stereocenters. The van der Waals surface area contributed by atoms with Crippen molar-refractivity contribution in [3.05, 3.63) is 34.1 Å². The number of hydrogen-bond acceptors (Lipinski definition) is 2. The molecule has 2 N–H and O–H groups in total. The van der Waals surface area contributed by atoms with Crippen molar-refractivity contribution in [1.29, 1.82) is 0 Å². The Morgan fingerprint density at radius 3 is 3.00 bits per heavy atom. The summed E-state index contributed by atoms with van der Waals surface area (Å²) in [7, 11) is 0. The molecule has 0 amide bonds. The molecule has 2 rings (SSSR count). The van der Waals surface area contributed by atoms with Crippen molar-refractivity contribution in [3.63, 3.8) is 0 Å². The van der Waals surface area contributed by atoms with Crippen molar-refractivity contribution in [1.82, 2.24) is 0 Å². The van der Waals surface area contributed by atoms with Gasteiger partial charge in [0.05, 0.1) is 0 Å². The Labute approximate surface area is 98.2 Å². The Balaban J connectivity index is 2.48. The van der Waals surface area contributed by atoms with Gasteiger partial charge in [0.25, 0.3) is 0 Å². The molecule has 0 aromatic heterocycles. The lowest BCUT2D eigenvalue weighted by molar-refractivity contribution is 0.601. The minimum Gasteiger partial charge on any atom is -0.324 e. The second-order valence-corrected chi connectivity index (χ2v) is 5.78. The van der Waals surface area contributed by atoms with Crippen molar-refractivity contribution < 1.29 is 4.39 Å². The average Bonchev–Trinajstić information content (AvgIpc) is 2.27. The van der Waals surface area contributed by atoms with Gasteiger partial charge in [-0.05, 0) is 24.1 Å². The van der Waals surface area contributed by atoms with Gasteiger partial charge < -0.3 is 5.73 Å². The SMILES string of the molecule is CC1C[C@H](N)c2cc(Cl)cc(F)c2CS1. The van der Waals surface area contributed by atoms with Gasteiger partial charge in [0.15, 0.2) is 0 Å². The number of benzene rings is 1. The van der Waals surface area contributed by atoms with Crippen LogP contribution >= 0.6 is 23.4 Å². The third-order valence-electron chi connectivity index (χ3n) is 2.69. The maximum Gasteiger partial charge on any atom is 0.129 e. The van der Waals surface area contributed by atoms with Gasteiger partial charge in [-0.3, -0.25) is 0 Å². The Morgan fingerprint density at radius 2 is 2.27 bits per heavy atom. The zero-order chi connectivity index (χ0) is 11.0. The van der Waals surface area contributed by atoms with E-state index in [-0.39, 0.29) is 11.9 Å². The monoisotopic (exact) mass is 245 g/mol. The van der Waals surface area contributed by atoms with E-state index >= 15 is 0 Å². The van der Waals surface area contributed by atoms with Crippen LogP contribution in [0.2, 0.25) is 5.02 Å². The molecule has 1 heterocycles. The Bertz CT molecular complexity index is 383. The molecular weight excluding hydrogens is 233 g/mol. The van der Waals surface area contributed by atoms with Crippen molar-refractivity contribution >= 4 is 23.4 Å². The van der Waals surface area contributed by atoms with E-state index in [0.29, 0.717) is 16.0 Å². The van der Waals surface area contributed by atoms with E-state index in [4.69, 9.17) is 17.3 Å². The quantitative estimate of drug-likeness (QED) is 0.757. The Morgan fingerprint density at radius 1 is 1.53 bits per heavy atom. The molecule has 1 aromatic rings. The highest BCUT2D eigenvalue weighted by Gasteiger charge is 2.22. The first-order chi connectivity index (χ1) is 7.08. The van der Waals surface area contributed by atoms with E-state index in [1.807, 2.05) is 0 Å². The molecule has 2 atom stereocenters.